The Morgan fingerprint density at radius 2 is 1.81 bits per heavy atom. The van der Waals surface area contributed by atoms with E-state index in [-0.39, 0.29) is 6.42 Å². The van der Waals surface area contributed by atoms with Crippen LogP contribution in [0.3, 0.4) is 0 Å². The summed E-state index contributed by atoms with van der Waals surface area (Å²) in [4.78, 5) is 36.5. The zero-order valence-corrected chi connectivity index (χ0v) is 21.4. The average Bonchev–Trinajstić information content (AvgIpc) is 3.18. The molecule has 0 saturated carbocycles. The summed E-state index contributed by atoms with van der Waals surface area (Å²) in [7, 11) is 3.19. The summed E-state index contributed by atoms with van der Waals surface area (Å²) < 4.78 is 10.6. The lowest BCUT2D eigenvalue weighted by Crippen LogP contribution is -2.33. The van der Waals surface area contributed by atoms with Gasteiger partial charge in [0.25, 0.3) is 0 Å². The molecule has 0 aliphatic heterocycles. The summed E-state index contributed by atoms with van der Waals surface area (Å²) in [5.41, 5.74) is 2.74. The van der Waals surface area contributed by atoms with Gasteiger partial charge < -0.3 is 29.5 Å². The third kappa shape index (κ3) is 6.09. The van der Waals surface area contributed by atoms with Crippen molar-refractivity contribution < 1.29 is 24.0 Å². The van der Waals surface area contributed by atoms with Gasteiger partial charge in [0.1, 0.15) is 23.4 Å². The van der Waals surface area contributed by atoms with Crippen LogP contribution in [-0.2, 0) is 11.2 Å². The van der Waals surface area contributed by atoms with Crippen molar-refractivity contribution in [1.82, 2.24) is 20.0 Å². The van der Waals surface area contributed by atoms with Crippen LogP contribution in [0.15, 0.2) is 35.0 Å². The number of hydrogen-bond acceptors (Lipinski definition) is 9. The van der Waals surface area contributed by atoms with Gasteiger partial charge in [0.05, 0.1) is 11.3 Å². The molecule has 0 bridgehead atoms. The van der Waals surface area contributed by atoms with Crippen molar-refractivity contribution in [3.8, 4) is 16.9 Å². The lowest BCUT2D eigenvalue weighted by Gasteiger charge is -2.22. The predicted octanol–water partition coefficient (Wildman–Crippen LogP) is 3.76. The first-order valence-corrected chi connectivity index (χ1v) is 11.7. The van der Waals surface area contributed by atoms with Crippen LogP contribution in [-0.4, -0.2) is 70.4 Å². The van der Waals surface area contributed by atoms with Crippen molar-refractivity contribution in [2.24, 2.45) is 0 Å². The molecule has 11 heteroatoms. The van der Waals surface area contributed by atoms with E-state index in [0.29, 0.717) is 47.6 Å². The van der Waals surface area contributed by atoms with Gasteiger partial charge in [-0.25, -0.2) is 14.6 Å². The molecule has 0 radical (unpaired) electrons. The molecule has 192 valence electrons. The summed E-state index contributed by atoms with van der Waals surface area (Å²) in [6.07, 6.45) is 1.35. The molecule has 0 aliphatic carbocycles. The third-order valence-electron chi connectivity index (χ3n) is 5.67. The minimum absolute atomic E-state index is 0.170. The number of nitrogens with zero attached hydrogens (tertiary/aromatic N) is 5. The molecule has 3 rings (SSSR count). The number of ether oxygens (including phenoxy) is 1. The van der Waals surface area contributed by atoms with Crippen LogP contribution >= 0.6 is 0 Å². The molecule has 3 aromatic rings. The molecule has 1 aromatic carbocycles. The highest BCUT2D eigenvalue weighted by atomic mass is 16.6. The summed E-state index contributed by atoms with van der Waals surface area (Å²) in [5, 5.41) is 17.1. The molecular formula is C25H32N6O5. The standard InChI is InChI=1S/C25H32N6O5/c1-7-31(8-2)24-26-14-19(21-15(3)29-36-16(21)4)22(28-24)27-20(23(32)33)13-17-9-11-18(12-10-17)35-25(34)30(5)6/h9-12,14,20H,7-8,13H2,1-6H3,(H,32,33)(H,26,27,28)/t20-/m0/s1. The molecule has 11 nitrogen and oxygen atoms in total. The number of carboxylic acid groups (broad SMARTS) is 1. The normalized spacial score (nSPS) is 11.6. The molecule has 2 N–H and O–H groups in total. The summed E-state index contributed by atoms with van der Waals surface area (Å²) >= 11 is 0. The monoisotopic (exact) mass is 496 g/mol. The number of benzene rings is 1. The maximum Gasteiger partial charge on any atom is 0.414 e. The molecule has 1 amide bonds. The smallest absolute Gasteiger partial charge is 0.414 e. The molecule has 2 aromatic heterocycles. The van der Waals surface area contributed by atoms with Gasteiger partial charge in [0.2, 0.25) is 5.95 Å². The first-order chi connectivity index (χ1) is 17.1. The summed E-state index contributed by atoms with van der Waals surface area (Å²) in [5.74, 6) is 0.799. The van der Waals surface area contributed by atoms with E-state index in [1.165, 1.54) is 4.90 Å². The number of carbonyl (C=O) groups excluding carboxylic acids is 1. The number of aromatic nitrogens is 3. The number of nitrogens with one attached hydrogen (secondary N) is 1. The van der Waals surface area contributed by atoms with Crippen molar-refractivity contribution in [3.63, 3.8) is 0 Å². The van der Waals surface area contributed by atoms with E-state index in [1.54, 1.807) is 51.5 Å². The van der Waals surface area contributed by atoms with E-state index in [2.05, 4.69) is 20.4 Å². The predicted molar refractivity (Wildman–Crippen MR) is 135 cm³/mol. The Morgan fingerprint density at radius 1 is 1.14 bits per heavy atom. The largest absolute Gasteiger partial charge is 0.480 e. The highest BCUT2D eigenvalue weighted by Gasteiger charge is 2.24. The first-order valence-electron chi connectivity index (χ1n) is 11.7. The zero-order chi connectivity index (χ0) is 26.4. The van der Waals surface area contributed by atoms with Crippen LogP contribution in [0.25, 0.3) is 11.1 Å². The Bertz CT molecular complexity index is 1180. The maximum absolute atomic E-state index is 12.2. The van der Waals surface area contributed by atoms with Crippen molar-refractivity contribution in [2.75, 3.05) is 37.4 Å². The molecule has 0 saturated heterocycles. The Morgan fingerprint density at radius 3 is 2.33 bits per heavy atom. The second-order valence-corrected chi connectivity index (χ2v) is 8.45. The topological polar surface area (TPSA) is 134 Å². The van der Waals surface area contributed by atoms with Crippen molar-refractivity contribution in [1.29, 1.82) is 0 Å². The Kier molecular flexibility index (Phi) is 8.46. The SMILES string of the molecule is CCN(CC)c1ncc(-c2c(C)noc2C)c(N[C@@H](Cc2ccc(OC(=O)N(C)C)cc2)C(=O)O)n1. The van der Waals surface area contributed by atoms with Gasteiger partial charge in [0, 0.05) is 45.4 Å². The van der Waals surface area contributed by atoms with Crippen molar-refractivity contribution >= 4 is 23.8 Å². The van der Waals surface area contributed by atoms with Crippen LogP contribution in [0.1, 0.15) is 30.9 Å². The number of anilines is 2. The van der Waals surface area contributed by atoms with Gasteiger partial charge in [-0.05, 0) is 45.4 Å². The molecule has 36 heavy (non-hydrogen) atoms. The molecule has 0 fully saturated rings. The molecule has 0 spiro atoms. The first kappa shape index (κ1) is 26.5. The van der Waals surface area contributed by atoms with E-state index >= 15 is 0 Å². The van der Waals surface area contributed by atoms with E-state index in [4.69, 9.17) is 9.26 Å². The van der Waals surface area contributed by atoms with Crippen LogP contribution in [0.2, 0.25) is 0 Å². The number of amides is 1. The van der Waals surface area contributed by atoms with Gasteiger partial charge >= 0.3 is 12.1 Å². The van der Waals surface area contributed by atoms with Crippen molar-refractivity contribution in [2.45, 2.75) is 40.2 Å². The fourth-order valence-electron chi connectivity index (χ4n) is 3.68. The van der Waals surface area contributed by atoms with Gasteiger partial charge in [-0.1, -0.05) is 17.3 Å². The highest BCUT2D eigenvalue weighted by molar-refractivity contribution is 5.83. The fourth-order valence-corrected chi connectivity index (χ4v) is 3.68. The summed E-state index contributed by atoms with van der Waals surface area (Å²) in [6, 6.07) is 5.74. The van der Waals surface area contributed by atoms with Crippen molar-refractivity contribution in [3.05, 3.63) is 47.5 Å². The zero-order valence-electron chi connectivity index (χ0n) is 21.4. The number of hydrogen-bond donors (Lipinski definition) is 2. The third-order valence-corrected chi connectivity index (χ3v) is 5.67. The lowest BCUT2D eigenvalue weighted by molar-refractivity contribution is -0.137. The second kappa shape index (κ2) is 11.5. The minimum Gasteiger partial charge on any atom is -0.480 e. The van der Waals surface area contributed by atoms with Gasteiger partial charge in [0.15, 0.2) is 0 Å². The summed E-state index contributed by atoms with van der Waals surface area (Å²) in [6.45, 7) is 9.01. The number of rotatable bonds is 10. The van der Waals surface area contributed by atoms with E-state index in [0.717, 1.165) is 11.1 Å². The molecule has 0 aliphatic rings. The number of carbonyl (C=O) groups is 2. The van der Waals surface area contributed by atoms with Crippen LogP contribution in [0.5, 0.6) is 5.75 Å². The highest BCUT2D eigenvalue weighted by Crippen LogP contribution is 2.33. The van der Waals surface area contributed by atoms with Gasteiger partial charge in [-0.15, -0.1) is 0 Å². The Labute approximate surface area is 210 Å². The molecule has 0 unspecified atom stereocenters. The van der Waals surface area contributed by atoms with Gasteiger partial charge in [-0.3, -0.25) is 0 Å². The lowest BCUT2D eigenvalue weighted by atomic mass is 10.0. The Balaban J connectivity index is 1.92. The number of aryl methyl sites for hydroxylation is 2. The number of carboxylic acids is 1. The van der Waals surface area contributed by atoms with Gasteiger partial charge in [-0.2, -0.15) is 4.98 Å². The van der Waals surface area contributed by atoms with Crippen LogP contribution in [0.4, 0.5) is 16.6 Å². The van der Waals surface area contributed by atoms with E-state index in [9.17, 15) is 14.7 Å². The second-order valence-electron chi connectivity index (χ2n) is 8.45. The molecule has 1 atom stereocenters. The minimum atomic E-state index is -1.04. The average molecular weight is 497 g/mol. The van der Waals surface area contributed by atoms with Crippen LogP contribution in [0, 0.1) is 13.8 Å². The van der Waals surface area contributed by atoms with Crippen LogP contribution < -0.4 is 15.0 Å². The Hall–Kier alpha value is -4.15. The quantitative estimate of drug-likeness (QED) is 0.427. The number of aliphatic carboxylic acids is 1. The fraction of sp³-hybridized carbons (Fsp3) is 0.400. The maximum atomic E-state index is 12.2. The molecular weight excluding hydrogens is 464 g/mol. The molecule has 2 heterocycles. The van der Waals surface area contributed by atoms with E-state index in [1.807, 2.05) is 25.7 Å². The van der Waals surface area contributed by atoms with E-state index < -0.39 is 18.1 Å².